The highest BCUT2D eigenvalue weighted by Crippen LogP contribution is 2.26. The van der Waals surface area contributed by atoms with Crippen LogP contribution in [0.25, 0.3) is 22.0 Å². The van der Waals surface area contributed by atoms with E-state index in [9.17, 15) is 9.59 Å². The fourth-order valence-corrected chi connectivity index (χ4v) is 3.98. The second-order valence-electron chi connectivity index (χ2n) is 6.09. The van der Waals surface area contributed by atoms with Gasteiger partial charge >= 0.3 is 0 Å². The Morgan fingerprint density at radius 1 is 1.28 bits per heavy atom. The van der Waals surface area contributed by atoms with Crippen molar-refractivity contribution >= 4 is 39.6 Å². The number of H-pyrrole nitrogens is 1. The molecule has 4 aromatic rings. The molecule has 9 nitrogen and oxygen atoms in total. The summed E-state index contributed by atoms with van der Waals surface area (Å²) in [7, 11) is 0. The smallest absolute Gasteiger partial charge is 0.265 e. The van der Waals surface area contributed by atoms with Crippen LogP contribution in [0, 0.1) is 0 Å². The highest BCUT2D eigenvalue weighted by molar-refractivity contribution is 7.14. The first-order valence-electron chi connectivity index (χ1n) is 8.69. The van der Waals surface area contributed by atoms with E-state index in [0.29, 0.717) is 47.5 Å². The number of anilines is 1. The predicted octanol–water partition coefficient (Wildman–Crippen LogP) is 3.31. The van der Waals surface area contributed by atoms with Crippen molar-refractivity contribution < 1.29 is 14.1 Å². The zero-order chi connectivity index (χ0) is 20.2. The zero-order valence-corrected chi connectivity index (χ0v) is 16.7. The maximum absolute atomic E-state index is 12.2. The minimum atomic E-state index is -0.538. The number of hydrogen-bond acceptors (Lipinski definition) is 8. The SMILES string of the molecule is NC(=O)c1cc(-c2csc(NC(=O)CCCc3nc(-c4cccs4)no3)n2)c[nH]1. The quantitative estimate of drug-likeness (QED) is 0.393. The van der Waals surface area contributed by atoms with Crippen LogP contribution in [0.4, 0.5) is 5.13 Å². The molecule has 29 heavy (non-hydrogen) atoms. The zero-order valence-electron chi connectivity index (χ0n) is 15.0. The van der Waals surface area contributed by atoms with E-state index in [-0.39, 0.29) is 5.91 Å². The van der Waals surface area contributed by atoms with Crippen LogP contribution in [0.3, 0.4) is 0 Å². The number of nitrogens with two attached hydrogens (primary N) is 1. The Balaban J connectivity index is 1.27. The molecule has 0 saturated carbocycles. The van der Waals surface area contributed by atoms with Gasteiger partial charge in [0, 0.05) is 30.0 Å². The van der Waals surface area contributed by atoms with Crippen LogP contribution < -0.4 is 11.1 Å². The third kappa shape index (κ3) is 4.58. The van der Waals surface area contributed by atoms with Crippen LogP contribution in [0.2, 0.25) is 0 Å². The van der Waals surface area contributed by atoms with Crippen molar-refractivity contribution in [3.8, 4) is 22.0 Å². The van der Waals surface area contributed by atoms with Gasteiger partial charge in [-0.1, -0.05) is 11.2 Å². The Kier molecular flexibility index (Phi) is 5.49. The van der Waals surface area contributed by atoms with Gasteiger partial charge in [0.25, 0.3) is 5.91 Å². The number of amides is 2. The number of thiazole rings is 1. The molecular formula is C18H16N6O3S2. The van der Waals surface area contributed by atoms with E-state index >= 15 is 0 Å². The monoisotopic (exact) mass is 428 g/mol. The predicted molar refractivity (Wildman–Crippen MR) is 110 cm³/mol. The van der Waals surface area contributed by atoms with Crippen LogP contribution in [-0.4, -0.2) is 31.9 Å². The third-order valence-corrected chi connectivity index (χ3v) is 5.62. The number of hydrogen-bond donors (Lipinski definition) is 3. The number of primary amides is 1. The molecule has 0 unspecified atom stereocenters. The number of carbonyl (C=O) groups excluding carboxylic acids is 2. The van der Waals surface area contributed by atoms with Gasteiger partial charge in [-0.05, 0) is 23.9 Å². The van der Waals surface area contributed by atoms with Crippen molar-refractivity contribution in [3.05, 3.63) is 46.7 Å². The molecular weight excluding hydrogens is 412 g/mol. The summed E-state index contributed by atoms with van der Waals surface area (Å²) in [6, 6.07) is 5.48. The summed E-state index contributed by atoms with van der Waals surface area (Å²) in [5.41, 5.74) is 6.92. The maximum Gasteiger partial charge on any atom is 0.265 e. The summed E-state index contributed by atoms with van der Waals surface area (Å²) in [6.45, 7) is 0. The minimum absolute atomic E-state index is 0.143. The lowest BCUT2D eigenvalue weighted by molar-refractivity contribution is -0.116. The number of nitrogens with one attached hydrogen (secondary N) is 2. The van der Waals surface area contributed by atoms with E-state index in [0.717, 1.165) is 10.4 Å². The van der Waals surface area contributed by atoms with Crippen LogP contribution in [0.15, 0.2) is 39.7 Å². The Hall–Kier alpha value is -3.31. The highest BCUT2D eigenvalue weighted by atomic mass is 32.1. The normalized spacial score (nSPS) is 10.9. The molecule has 4 N–H and O–H groups in total. The summed E-state index contributed by atoms with van der Waals surface area (Å²) in [4.78, 5) is 35.8. The molecule has 0 atom stereocenters. The Morgan fingerprint density at radius 2 is 2.17 bits per heavy atom. The fraction of sp³-hybridized carbons (Fsp3) is 0.167. The van der Waals surface area contributed by atoms with Crippen molar-refractivity contribution in [1.29, 1.82) is 0 Å². The minimum Gasteiger partial charge on any atom is -0.364 e. The number of carbonyl (C=O) groups is 2. The van der Waals surface area contributed by atoms with E-state index in [1.807, 2.05) is 17.5 Å². The van der Waals surface area contributed by atoms with Gasteiger partial charge in [-0.25, -0.2) is 4.98 Å². The molecule has 0 aliphatic rings. The molecule has 0 spiro atoms. The molecule has 0 aliphatic carbocycles. The average Bonchev–Trinajstić information content (AvgIpc) is 3.46. The first kappa shape index (κ1) is 19.0. The van der Waals surface area contributed by atoms with Gasteiger partial charge in [0.2, 0.25) is 17.6 Å². The van der Waals surface area contributed by atoms with E-state index < -0.39 is 5.91 Å². The van der Waals surface area contributed by atoms with E-state index in [1.54, 1.807) is 29.0 Å². The van der Waals surface area contributed by atoms with E-state index in [4.69, 9.17) is 10.3 Å². The molecule has 0 saturated heterocycles. The molecule has 0 aliphatic heterocycles. The van der Waals surface area contributed by atoms with Gasteiger partial charge in [0.1, 0.15) is 5.69 Å². The van der Waals surface area contributed by atoms with Gasteiger partial charge in [-0.2, -0.15) is 4.98 Å². The first-order valence-corrected chi connectivity index (χ1v) is 10.4. The van der Waals surface area contributed by atoms with Gasteiger partial charge in [-0.3, -0.25) is 9.59 Å². The van der Waals surface area contributed by atoms with Crippen molar-refractivity contribution in [1.82, 2.24) is 20.1 Å². The summed E-state index contributed by atoms with van der Waals surface area (Å²) in [6.07, 6.45) is 3.06. The number of aromatic amines is 1. The molecule has 0 fully saturated rings. The van der Waals surface area contributed by atoms with Crippen molar-refractivity contribution in [3.63, 3.8) is 0 Å². The summed E-state index contributed by atoms with van der Waals surface area (Å²) >= 11 is 2.85. The molecule has 0 radical (unpaired) electrons. The summed E-state index contributed by atoms with van der Waals surface area (Å²) in [5, 5.41) is 11.0. The molecule has 0 bridgehead atoms. The lowest BCUT2D eigenvalue weighted by Gasteiger charge is -2.00. The second kappa shape index (κ2) is 8.37. The summed E-state index contributed by atoms with van der Waals surface area (Å²) in [5.74, 6) is 0.397. The molecule has 4 aromatic heterocycles. The van der Waals surface area contributed by atoms with Gasteiger partial charge in [0.15, 0.2) is 5.13 Å². The fourth-order valence-electron chi connectivity index (χ4n) is 2.59. The van der Waals surface area contributed by atoms with Crippen LogP contribution >= 0.6 is 22.7 Å². The van der Waals surface area contributed by atoms with Gasteiger partial charge in [-0.15, -0.1) is 22.7 Å². The van der Waals surface area contributed by atoms with Crippen molar-refractivity contribution in [2.24, 2.45) is 5.73 Å². The number of nitrogens with zero attached hydrogens (tertiary/aromatic N) is 3. The Bertz CT molecular complexity index is 1130. The van der Waals surface area contributed by atoms with E-state index in [1.165, 1.54) is 11.3 Å². The maximum atomic E-state index is 12.2. The van der Waals surface area contributed by atoms with Crippen LogP contribution in [-0.2, 0) is 11.2 Å². The first-order chi connectivity index (χ1) is 14.1. The number of aromatic nitrogens is 4. The van der Waals surface area contributed by atoms with E-state index in [2.05, 4.69) is 25.4 Å². The molecule has 4 rings (SSSR count). The molecule has 11 heteroatoms. The highest BCUT2D eigenvalue weighted by Gasteiger charge is 2.13. The van der Waals surface area contributed by atoms with Crippen molar-refractivity contribution in [2.45, 2.75) is 19.3 Å². The van der Waals surface area contributed by atoms with Gasteiger partial charge in [0.05, 0.1) is 10.6 Å². The standard InChI is InChI=1S/C18H16N6O3S2/c19-16(26)11-7-10(8-20-11)12-9-29-18(21-12)22-14(25)4-1-5-15-23-17(24-27-15)13-3-2-6-28-13/h2-3,6-9,20H,1,4-5H2,(H2,19,26)(H,21,22,25). The molecule has 148 valence electrons. The van der Waals surface area contributed by atoms with Crippen LogP contribution in [0.1, 0.15) is 29.2 Å². The molecule has 2 amide bonds. The second-order valence-corrected chi connectivity index (χ2v) is 7.90. The number of aryl methyl sites for hydroxylation is 1. The lowest BCUT2D eigenvalue weighted by atomic mass is 10.2. The van der Waals surface area contributed by atoms with Crippen LogP contribution in [0.5, 0.6) is 0 Å². The summed E-state index contributed by atoms with van der Waals surface area (Å²) < 4.78 is 5.23. The Morgan fingerprint density at radius 3 is 2.93 bits per heavy atom. The average molecular weight is 428 g/mol. The van der Waals surface area contributed by atoms with Gasteiger partial charge < -0.3 is 20.6 Å². The number of thiophene rings is 1. The van der Waals surface area contributed by atoms with Crippen molar-refractivity contribution in [2.75, 3.05) is 5.32 Å². The lowest BCUT2D eigenvalue weighted by Crippen LogP contribution is -2.11. The molecule has 4 heterocycles. The Labute approximate surface area is 173 Å². The topological polar surface area (TPSA) is 140 Å². The third-order valence-electron chi connectivity index (χ3n) is 4.00. The largest absolute Gasteiger partial charge is 0.364 e. The number of rotatable bonds is 8. The molecule has 0 aromatic carbocycles.